The van der Waals surface area contributed by atoms with Gasteiger partial charge >= 0.3 is 11.9 Å². The highest BCUT2D eigenvalue weighted by Gasteiger charge is 2.37. The van der Waals surface area contributed by atoms with E-state index >= 15 is 0 Å². The summed E-state index contributed by atoms with van der Waals surface area (Å²) in [5.41, 5.74) is 0.231. The molecule has 1 saturated carbocycles. The van der Waals surface area contributed by atoms with Crippen molar-refractivity contribution in [3.63, 3.8) is 0 Å². The molecule has 1 amide bonds. The minimum Gasteiger partial charge on any atom is -0.479 e. The van der Waals surface area contributed by atoms with Gasteiger partial charge in [-0.3, -0.25) is 19.6 Å². The zero-order chi connectivity index (χ0) is 25.2. The van der Waals surface area contributed by atoms with Gasteiger partial charge in [-0.1, -0.05) is 6.07 Å². The number of nitrogens with zero attached hydrogens (tertiary/aromatic N) is 3. The molecule has 186 valence electrons. The number of carbonyl (C=O) groups is 1. The van der Waals surface area contributed by atoms with Gasteiger partial charge in [0.1, 0.15) is 12.4 Å². The van der Waals surface area contributed by atoms with E-state index in [-0.39, 0.29) is 42.8 Å². The van der Waals surface area contributed by atoms with Gasteiger partial charge in [-0.25, -0.2) is 0 Å². The summed E-state index contributed by atoms with van der Waals surface area (Å²) in [5.74, 6) is 0.0324. The Bertz CT molecular complexity index is 1230. The second-order valence-electron chi connectivity index (χ2n) is 8.34. The number of aryl methyl sites for hydroxylation is 2. The number of nitrogens with one attached hydrogen (secondary N) is 1. The zero-order valence-corrected chi connectivity index (χ0v) is 18.8. The molecule has 12 heteroatoms. The summed E-state index contributed by atoms with van der Waals surface area (Å²) < 4.78 is 51.3. The van der Waals surface area contributed by atoms with Crippen molar-refractivity contribution in [2.24, 2.45) is 0 Å². The molecule has 35 heavy (non-hydrogen) atoms. The monoisotopic (exact) mass is 492 g/mol. The van der Waals surface area contributed by atoms with Gasteiger partial charge in [0.15, 0.2) is 17.2 Å². The molecule has 0 aliphatic heterocycles. The van der Waals surface area contributed by atoms with Crippen LogP contribution in [0.1, 0.15) is 58.4 Å². The molecular weight excluding hydrogens is 469 g/mol. The van der Waals surface area contributed by atoms with E-state index in [2.05, 4.69) is 10.4 Å². The van der Waals surface area contributed by atoms with E-state index in [9.17, 15) is 28.1 Å². The molecule has 2 heterocycles. The average Bonchev–Trinajstić information content (AvgIpc) is 3.36. The third kappa shape index (κ3) is 6.00. The molecule has 9 nitrogen and oxygen atoms in total. The molecule has 1 aliphatic carbocycles. The summed E-state index contributed by atoms with van der Waals surface area (Å²) in [6.45, 7) is 2.08. The van der Waals surface area contributed by atoms with Gasteiger partial charge in [-0.05, 0) is 56.0 Å². The van der Waals surface area contributed by atoms with Crippen LogP contribution in [-0.2, 0) is 19.3 Å². The van der Waals surface area contributed by atoms with Crippen LogP contribution in [0.3, 0.4) is 0 Å². The minimum atomic E-state index is -4.49. The van der Waals surface area contributed by atoms with Gasteiger partial charge in [0.05, 0.1) is 4.92 Å². The normalized spacial score (nSPS) is 13.6. The SMILES string of the molecule is Cc1ccc(OCc2ccc(C(=O)NCCCn3nc(C(F)(F)F)cc3C3CC3)o2)c([N+](=O)[O-])c1. The lowest BCUT2D eigenvalue weighted by molar-refractivity contribution is -0.386. The maximum atomic E-state index is 13.0. The third-order valence-corrected chi connectivity index (χ3v) is 5.50. The van der Waals surface area contributed by atoms with Crippen molar-refractivity contribution in [2.45, 2.75) is 51.4 Å². The Labute approximate surface area is 198 Å². The molecule has 3 aromatic rings. The van der Waals surface area contributed by atoms with Crippen molar-refractivity contribution >= 4 is 11.6 Å². The molecule has 4 rings (SSSR count). The number of furan rings is 1. The van der Waals surface area contributed by atoms with Gasteiger partial charge < -0.3 is 14.5 Å². The summed E-state index contributed by atoms with van der Waals surface area (Å²) in [7, 11) is 0. The first-order chi connectivity index (χ1) is 16.6. The lowest BCUT2D eigenvalue weighted by Crippen LogP contribution is -2.25. The van der Waals surface area contributed by atoms with Crippen LogP contribution in [0.2, 0.25) is 0 Å². The van der Waals surface area contributed by atoms with Crippen LogP contribution in [0.25, 0.3) is 0 Å². The van der Waals surface area contributed by atoms with Crippen molar-refractivity contribution in [3.05, 3.63) is 75.0 Å². The van der Waals surface area contributed by atoms with E-state index in [0.717, 1.165) is 24.5 Å². The van der Waals surface area contributed by atoms with Gasteiger partial charge in [0.25, 0.3) is 5.91 Å². The summed E-state index contributed by atoms with van der Waals surface area (Å²) in [6, 6.07) is 8.66. The van der Waals surface area contributed by atoms with Crippen LogP contribution >= 0.6 is 0 Å². The predicted molar refractivity (Wildman–Crippen MR) is 117 cm³/mol. The molecular formula is C23H23F3N4O5. The van der Waals surface area contributed by atoms with Crippen LogP contribution in [0, 0.1) is 17.0 Å². The maximum absolute atomic E-state index is 13.0. The first-order valence-electron chi connectivity index (χ1n) is 11.0. The standard InChI is InChI=1S/C23H23F3N4O5/c1-14-3-7-19(18(11-14)30(32)33)34-13-16-6-8-20(35-16)22(31)27-9-2-10-29-17(15-4-5-15)12-21(28-29)23(24,25)26/h3,6-8,11-12,15H,2,4-5,9-10,13H2,1H3,(H,27,31). The second kappa shape index (κ2) is 9.80. The number of ether oxygens (including phenoxy) is 1. The number of halogens is 3. The van der Waals surface area contributed by atoms with Crippen LogP contribution in [0.15, 0.2) is 40.8 Å². The van der Waals surface area contributed by atoms with Crippen molar-refractivity contribution < 1.29 is 32.0 Å². The topological polar surface area (TPSA) is 112 Å². The number of hydrogen-bond acceptors (Lipinski definition) is 6. The summed E-state index contributed by atoms with van der Waals surface area (Å²) in [5, 5.41) is 17.5. The number of alkyl halides is 3. The van der Waals surface area contributed by atoms with E-state index in [1.54, 1.807) is 13.0 Å². The van der Waals surface area contributed by atoms with Crippen LogP contribution < -0.4 is 10.1 Å². The van der Waals surface area contributed by atoms with E-state index < -0.39 is 22.7 Å². The molecule has 0 unspecified atom stereocenters. The van der Waals surface area contributed by atoms with Gasteiger partial charge in [-0.2, -0.15) is 18.3 Å². The highest BCUT2D eigenvalue weighted by Crippen LogP contribution is 2.42. The summed E-state index contributed by atoms with van der Waals surface area (Å²) in [4.78, 5) is 23.0. The highest BCUT2D eigenvalue weighted by molar-refractivity contribution is 5.91. The number of nitro groups is 1. The van der Waals surface area contributed by atoms with Gasteiger partial charge in [-0.15, -0.1) is 0 Å². The number of rotatable bonds is 10. The smallest absolute Gasteiger partial charge is 0.435 e. The number of hydrogen-bond donors (Lipinski definition) is 1. The molecule has 0 radical (unpaired) electrons. The minimum absolute atomic E-state index is 0.0270. The van der Waals surface area contributed by atoms with Crippen molar-refractivity contribution in [3.8, 4) is 5.75 Å². The molecule has 0 spiro atoms. The predicted octanol–water partition coefficient (Wildman–Crippen LogP) is 4.99. The maximum Gasteiger partial charge on any atom is 0.435 e. The van der Waals surface area contributed by atoms with Crippen molar-refractivity contribution in [2.75, 3.05) is 6.54 Å². The zero-order valence-electron chi connectivity index (χ0n) is 18.8. The number of aromatic nitrogens is 2. The lowest BCUT2D eigenvalue weighted by atomic mass is 10.2. The quantitative estimate of drug-likeness (QED) is 0.242. The first kappa shape index (κ1) is 24.3. The fraction of sp³-hybridized carbons (Fsp3) is 0.391. The number of carbonyl (C=O) groups excluding carboxylic acids is 1. The first-order valence-corrected chi connectivity index (χ1v) is 11.0. The Morgan fingerprint density at radius 2 is 2.06 bits per heavy atom. The van der Waals surface area contributed by atoms with Crippen LogP contribution in [-0.4, -0.2) is 27.2 Å². The summed E-state index contributed by atoms with van der Waals surface area (Å²) >= 11 is 0. The molecule has 2 aromatic heterocycles. The molecule has 0 atom stereocenters. The van der Waals surface area contributed by atoms with Gasteiger partial charge in [0.2, 0.25) is 0 Å². The van der Waals surface area contributed by atoms with E-state index in [1.807, 2.05) is 0 Å². The summed E-state index contributed by atoms with van der Waals surface area (Å²) in [6.07, 6.45) is -2.41. The van der Waals surface area contributed by atoms with E-state index in [4.69, 9.17) is 9.15 Å². The molecule has 1 fully saturated rings. The molecule has 1 aliphatic rings. The molecule has 1 N–H and O–H groups in total. The average molecular weight is 492 g/mol. The largest absolute Gasteiger partial charge is 0.479 e. The van der Waals surface area contributed by atoms with Gasteiger partial charge in [0, 0.05) is 30.8 Å². The highest BCUT2D eigenvalue weighted by atomic mass is 19.4. The fourth-order valence-electron chi connectivity index (χ4n) is 3.59. The fourth-order valence-corrected chi connectivity index (χ4v) is 3.59. The molecule has 0 bridgehead atoms. The van der Waals surface area contributed by atoms with E-state index in [1.165, 1.54) is 28.9 Å². The Hall–Kier alpha value is -3.83. The second-order valence-corrected chi connectivity index (χ2v) is 8.34. The number of nitro benzene ring substituents is 1. The number of amides is 1. The lowest BCUT2D eigenvalue weighted by Gasteiger charge is -2.08. The Kier molecular flexibility index (Phi) is 6.81. The molecule has 0 saturated heterocycles. The third-order valence-electron chi connectivity index (χ3n) is 5.50. The molecule has 1 aromatic carbocycles. The number of benzene rings is 1. The Balaban J connectivity index is 1.27. The Morgan fingerprint density at radius 1 is 1.29 bits per heavy atom. The Morgan fingerprint density at radius 3 is 2.74 bits per heavy atom. The van der Waals surface area contributed by atoms with Crippen LogP contribution in [0.5, 0.6) is 5.75 Å². The van der Waals surface area contributed by atoms with Crippen molar-refractivity contribution in [1.29, 1.82) is 0 Å². The van der Waals surface area contributed by atoms with Crippen LogP contribution in [0.4, 0.5) is 18.9 Å². The van der Waals surface area contributed by atoms with E-state index in [0.29, 0.717) is 17.9 Å². The van der Waals surface area contributed by atoms with Crippen molar-refractivity contribution in [1.82, 2.24) is 15.1 Å².